The number of hydrogen-bond acceptors (Lipinski definition) is 1. The average molecular weight is 316 g/mol. The van der Waals surface area contributed by atoms with Gasteiger partial charge in [-0.3, -0.25) is 0 Å². The zero-order chi connectivity index (χ0) is 11.5. The van der Waals surface area contributed by atoms with Crippen LogP contribution >= 0.6 is 0 Å². The fourth-order valence-electron chi connectivity index (χ4n) is 2.05. The van der Waals surface area contributed by atoms with E-state index in [1.165, 1.54) is 3.58 Å². The van der Waals surface area contributed by atoms with Crippen LogP contribution in [0.2, 0.25) is 9.88 Å². The Balaban J connectivity index is 2.98. The molecule has 1 aromatic carbocycles. The molecule has 0 heterocycles. The molecule has 0 saturated carbocycles. The van der Waals surface area contributed by atoms with Gasteiger partial charge in [0.1, 0.15) is 0 Å². The van der Waals surface area contributed by atoms with E-state index in [0.717, 1.165) is 13.1 Å². The van der Waals surface area contributed by atoms with Gasteiger partial charge in [-0.15, -0.1) is 0 Å². The maximum absolute atomic E-state index is 12.8. The molecule has 0 saturated heterocycles. The van der Waals surface area contributed by atoms with Crippen molar-refractivity contribution in [1.82, 2.24) is 3.12 Å². The van der Waals surface area contributed by atoms with Gasteiger partial charge in [0.25, 0.3) is 0 Å². The Hall–Kier alpha value is -0.0913. The van der Waals surface area contributed by atoms with Gasteiger partial charge in [0.15, 0.2) is 0 Å². The topological polar surface area (TPSA) is 3.24 Å². The van der Waals surface area contributed by atoms with Gasteiger partial charge in [-0.2, -0.15) is 0 Å². The fourth-order valence-corrected chi connectivity index (χ4v) is 10.4. The second-order valence-electron chi connectivity index (χ2n) is 4.24. The van der Waals surface area contributed by atoms with Gasteiger partial charge in [-0.05, 0) is 0 Å². The Labute approximate surface area is 96.5 Å². The number of nitrogens with zero attached hydrogens (tertiary/aromatic N) is 1. The summed E-state index contributed by atoms with van der Waals surface area (Å²) in [6.07, 6.45) is 0. The zero-order valence-electron chi connectivity index (χ0n) is 10.0. The predicted molar refractivity (Wildman–Crippen MR) is 66.4 cm³/mol. The van der Waals surface area contributed by atoms with Crippen molar-refractivity contribution in [3.63, 3.8) is 0 Å². The summed E-state index contributed by atoms with van der Waals surface area (Å²) in [6.45, 7) is 6.59. The summed E-state index contributed by atoms with van der Waals surface area (Å²) in [5.74, 6) is -0.139. The third-order valence-electron chi connectivity index (χ3n) is 3.10. The molecule has 15 heavy (non-hydrogen) atoms. The molecule has 1 rings (SSSR count). The van der Waals surface area contributed by atoms with Gasteiger partial charge in [0, 0.05) is 0 Å². The number of rotatable bonds is 4. The Morgan fingerprint density at radius 3 is 1.93 bits per heavy atom. The van der Waals surface area contributed by atoms with Gasteiger partial charge >= 0.3 is 96.6 Å². The van der Waals surface area contributed by atoms with Crippen molar-refractivity contribution >= 4 is 22.2 Å². The Morgan fingerprint density at radius 2 is 1.53 bits per heavy atom. The van der Waals surface area contributed by atoms with Crippen LogP contribution in [0.1, 0.15) is 13.8 Å². The van der Waals surface area contributed by atoms with Crippen LogP contribution in [0.15, 0.2) is 24.3 Å². The summed E-state index contributed by atoms with van der Waals surface area (Å²) >= 11 is -2.35. The summed E-state index contributed by atoms with van der Waals surface area (Å²) in [6, 6.07) is 7.09. The van der Waals surface area contributed by atoms with Gasteiger partial charge in [0.05, 0.1) is 0 Å². The Kier molecular flexibility index (Phi) is 4.59. The number of hydrogen-bond donors (Lipinski definition) is 0. The van der Waals surface area contributed by atoms with Gasteiger partial charge in [-0.1, -0.05) is 0 Å². The normalized spacial score (nSPS) is 12.1. The molecule has 3 heteroatoms. The van der Waals surface area contributed by atoms with E-state index < -0.39 is 18.7 Å². The summed E-state index contributed by atoms with van der Waals surface area (Å²) in [7, 11) is 0. The average Bonchev–Trinajstić information content (AvgIpc) is 2.19. The first kappa shape index (κ1) is 13.0. The third-order valence-corrected chi connectivity index (χ3v) is 14.4. The number of halogens is 1. The van der Waals surface area contributed by atoms with Crippen LogP contribution in [-0.4, -0.2) is 34.9 Å². The molecule has 0 aromatic heterocycles. The molecule has 0 aliphatic rings. The van der Waals surface area contributed by atoms with Crippen molar-refractivity contribution in [2.24, 2.45) is 0 Å². The summed E-state index contributed by atoms with van der Waals surface area (Å²) in [4.78, 5) is 4.77. The van der Waals surface area contributed by atoms with E-state index in [9.17, 15) is 4.39 Å². The predicted octanol–water partition coefficient (Wildman–Crippen LogP) is 2.58. The van der Waals surface area contributed by atoms with Crippen molar-refractivity contribution in [3.8, 4) is 0 Å². The second kappa shape index (κ2) is 5.30. The van der Waals surface area contributed by atoms with Crippen molar-refractivity contribution in [2.75, 3.05) is 13.1 Å². The first-order valence-corrected chi connectivity index (χ1v) is 13.9. The van der Waals surface area contributed by atoms with Crippen LogP contribution in [0.3, 0.4) is 0 Å². The first-order valence-electron chi connectivity index (χ1n) is 5.53. The van der Waals surface area contributed by atoms with E-state index in [1.54, 1.807) is 12.1 Å². The summed E-state index contributed by atoms with van der Waals surface area (Å²) < 4.78 is 16.8. The molecule has 0 aliphatic heterocycles. The number of benzene rings is 1. The molecule has 84 valence electrons. The van der Waals surface area contributed by atoms with Gasteiger partial charge in [0.2, 0.25) is 0 Å². The molecule has 0 N–H and O–H groups in total. The van der Waals surface area contributed by atoms with Crippen LogP contribution in [0.25, 0.3) is 0 Å². The molecular weight excluding hydrogens is 296 g/mol. The SMILES string of the molecule is CC[N](CC)[Sn]([CH3])([CH3])[c]1ccc(F)cc1. The minimum atomic E-state index is -2.35. The molecule has 0 amide bonds. The summed E-state index contributed by atoms with van der Waals surface area (Å²) in [5, 5.41) is 0. The van der Waals surface area contributed by atoms with E-state index in [0.29, 0.717) is 0 Å². The van der Waals surface area contributed by atoms with Crippen molar-refractivity contribution in [2.45, 2.75) is 23.7 Å². The van der Waals surface area contributed by atoms with E-state index in [-0.39, 0.29) is 5.82 Å². The first-order chi connectivity index (χ1) is 7.02. The molecule has 0 fully saturated rings. The molecular formula is C12H20FNSn. The van der Waals surface area contributed by atoms with E-state index in [1.807, 2.05) is 12.1 Å². The molecule has 0 unspecified atom stereocenters. The molecule has 1 nitrogen and oxygen atoms in total. The second-order valence-corrected chi connectivity index (χ2v) is 16.6. The molecule has 0 radical (unpaired) electrons. The molecule has 0 spiro atoms. The van der Waals surface area contributed by atoms with Crippen molar-refractivity contribution in [1.29, 1.82) is 0 Å². The van der Waals surface area contributed by atoms with E-state index in [2.05, 4.69) is 26.8 Å². The minimum absolute atomic E-state index is 0.139. The van der Waals surface area contributed by atoms with Crippen LogP contribution < -0.4 is 3.58 Å². The van der Waals surface area contributed by atoms with Crippen LogP contribution in [0, 0.1) is 5.82 Å². The Morgan fingerprint density at radius 1 is 1.07 bits per heavy atom. The van der Waals surface area contributed by atoms with E-state index >= 15 is 0 Å². The van der Waals surface area contributed by atoms with Gasteiger partial charge < -0.3 is 0 Å². The summed E-state index contributed by atoms with van der Waals surface area (Å²) in [5.41, 5.74) is 0. The van der Waals surface area contributed by atoms with Crippen molar-refractivity contribution < 1.29 is 4.39 Å². The van der Waals surface area contributed by atoms with Gasteiger partial charge in [-0.25, -0.2) is 0 Å². The molecule has 1 aromatic rings. The van der Waals surface area contributed by atoms with E-state index in [4.69, 9.17) is 0 Å². The van der Waals surface area contributed by atoms with Crippen molar-refractivity contribution in [3.05, 3.63) is 30.1 Å². The monoisotopic (exact) mass is 317 g/mol. The zero-order valence-corrected chi connectivity index (χ0v) is 12.9. The maximum atomic E-state index is 12.8. The van der Waals surface area contributed by atoms with Crippen LogP contribution in [0.4, 0.5) is 4.39 Å². The Bertz CT molecular complexity index is 304. The molecule has 0 atom stereocenters. The third kappa shape index (κ3) is 2.94. The molecule has 0 aliphatic carbocycles. The fraction of sp³-hybridized carbons (Fsp3) is 0.500. The quantitative estimate of drug-likeness (QED) is 0.772. The van der Waals surface area contributed by atoms with Crippen LogP contribution in [-0.2, 0) is 0 Å². The van der Waals surface area contributed by atoms with Crippen LogP contribution in [0.5, 0.6) is 0 Å². The molecule has 0 bridgehead atoms. The standard InChI is InChI=1S/C6H4F.C4H10N.2CH3.Sn/c7-6-4-2-1-3-5-6;1-3-5-4-2;;;/h2-5H;3-4H2,1-2H3;2*1H3;/q;-1;;;+1.